The van der Waals surface area contributed by atoms with Gasteiger partial charge in [0.2, 0.25) is 0 Å². The number of sulfone groups is 1. The number of hydrogen-bond acceptors (Lipinski definition) is 4. The highest BCUT2D eigenvalue weighted by Crippen LogP contribution is 2.26. The molecule has 0 bridgehead atoms. The lowest BCUT2D eigenvalue weighted by atomic mass is 10.0. The van der Waals surface area contributed by atoms with Crippen molar-refractivity contribution in [2.24, 2.45) is 0 Å². The molecule has 1 unspecified atom stereocenters. The normalized spacial score (nSPS) is 12.6. The minimum absolute atomic E-state index is 0.251. The highest BCUT2D eigenvalue weighted by molar-refractivity contribution is 7.90. The topological polar surface area (TPSA) is 72.5 Å². The Hall–Kier alpha value is -2.86. The maximum atomic E-state index is 12.8. The SMILES string of the molecule is COc1cc2ccccc2cc1C(=O)NC(C)c1ccc(S(C)(=O)=O)cc1. The molecule has 3 aromatic rings. The first-order chi connectivity index (χ1) is 12.8. The molecule has 27 heavy (non-hydrogen) atoms. The summed E-state index contributed by atoms with van der Waals surface area (Å²) in [5.41, 5.74) is 1.27. The van der Waals surface area contributed by atoms with E-state index in [4.69, 9.17) is 4.74 Å². The minimum Gasteiger partial charge on any atom is -0.496 e. The molecule has 0 radical (unpaired) electrons. The molecule has 1 atom stereocenters. The Kier molecular flexibility index (Phi) is 5.19. The largest absolute Gasteiger partial charge is 0.496 e. The first-order valence-corrected chi connectivity index (χ1v) is 10.4. The van der Waals surface area contributed by atoms with Crippen molar-refractivity contribution in [3.05, 3.63) is 71.8 Å². The predicted octanol–water partition coefficient (Wildman–Crippen LogP) is 3.74. The lowest BCUT2D eigenvalue weighted by Gasteiger charge is -2.16. The number of carbonyl (C=O) groups is 1. The van der Waals surface area contributed by atoms with E-state index in [0.717, 1.165) is 16.3 Å². The van der Waals surface area contributed by atoms with E-state index < -0.39 is 9.84 Å². The molecule has 3 aromatic carbocycles. The van der Waals surface area contributed by atoms with Gasteiger partial charge in [0, 0.05) is 6.26 Å². The van der Waals surface area contributed by atoms with Crippen molar-refractivity contribution in [3.63, 3.8) is 0 Å². The smallest absolute Gasteiger partial charge is 0.255 e. The zero-order valence-electron chi connectivity index (χ0n) is 15.4. The molecule has 1 amide bonds. The van der Waals surface area contributed by atoms with E-state index in [2.05, 4.69) is 5.32 Å². The van der Waals surface area contributed by atoms with Crippen LogP contribution in [0.25, 0.3) is 10.8 Å². The molecule has 5 nitrogen and oxygen atoms in total. The summed E-state index contributed by atoms with van der Waals surface area (Å²) in [4.78, 5) is 13.0. The van der Waals surface area contributed by atoms with Crippen LogP contribution >= 0.6 is 0 Å². The molecule has 0 saturated heterocycles. The van der Waals surface area contributed by atoms with Crippen LogP contribution in [-0.2, 0) is 9.84 Å². The first kappa shape index (κ1) is 18.9. The molecule has 140 valence electrons. The minimum atomic E-state index is -3.25. The summed E-state index contributed by atoms with van der Waals surface area (Å²) in [6.45, 7) is 1.85. The molecular weight excluding hydrogens is 362 g/mol. The average molecular weight is 383 g/mol. The van der Waals surface area contributed by atoms with Gasteiger partial charge < -0.3 is 10.1 Å². The molecule has 0 heterocycles. The predicted molar refractivity (Wildman–Crippen MR) is 106 cm³/mol. The lowest BCUT2D eigenvalue weighted by Crippen LogP contribution is -2.27. The van der Waals surface area contributed by atoms with Gasteiger partial charge in [0.25, 0.3) is 5.91 Å². The maximum absolute atomic E-state index is 12.8. The van der Waals surface area contributed by atoms with Crippen molar-refractivity contribution < 1.29 is 17.9 Å². The number of carbonyl (C=O) groups excluding carboxylic acids is 1. The van der Waals surface area contributed by atoms with Crippen LogP contribution in [0.15, 0.2) is 65.6 Å². The van der Waals surface area contributed by atoms with Gasteiger partial charge in [0.1, 0.15) is 5.75 Å². The molecule has 0 aliphatic rings. The van der Waals surface area contributed by atoms with Crippen molar-refractivity contribution in [3.8, 4) is 5.75 Å². The summed E-state index contributed by atoms with van der Waals surface area (Å²) in [6.07, 6.45) is 1.17. The summed E-state index contributed by atoms with van der Waals surface area (Å²) in [5.74, 6) is 0.253. The Morgan fingerprint density at radius 1 is 1.00 bits per heavy atom. The summed E-state index contributed by atoms with van der Waals surface area (Å²) in [6, 6.07) is 17.6. The fraction of sp³-hybridized carbons (Fsp3) is 0.190. The highest BCUT2D eigenvalue weighted by Gasteiger charge is 2.17. The van der Waals surface area contributed by atoms with E-state index in [-0.39, 0.29) is 16.8 Å². The molecule has 1 N–H and O–H groups in total. The van der Waals surface area contributed by atoms with Gasteiger partial charge in [-0.25, -0.2) is 8.42 Å². The Morgan fingerprint density at radius 3 is 2.15 bits per heavy atom. The van der Waals surface area contributed by atoms with Crippen LogP contribution < -0.4 is 10.1 Å². The van der Waals surface area contributed by atoms with E-state index in [1.165, 1.54) is 13.4 Å². The van der Waals surface area contributed by atoms with Gasteiger partial charge in [0.05, 0.1) is 23.6 Å². The van der Waals surface area contributed by atoms with Crippen molar-refractivity contribution in [2.75, 3.05) is 13.4 Å². The van der Waals surface area contributed by atoms with Crippen LogP contribution in [0.5, 0.6) is 5.75 Å². The lowest BCUT2D eigenvalue weighted by molar-refractivity contribution is 0.0937. The molecule has 0 aliphatic heterocycles. The van der Waals surface area contributed by atoms with Gasteiger partial charge in [-0.15, -0.1) is 0 Å². The number of nitrogens with one attached hydrogen (secondary N) is 1. The van der Waals surface area contributed by atoms with Crippen LogP contribution in [0.4, 0.5) is 0 Å². The zero-order valence-corrected chi connectivity index (χ0v) is 16.2. The van der Waals surface area contributed by atoms with Gasteiger partial charge in [-0.1, -0.05) is 36.4 Å². The third-order valence-electron chi connectivity index (χ3n) is 4.47. The maximum Gasteiger partial charge on any atom is 0.255 e. The van der Waals surface area contributed by atoms with Crippen LogP contribution in [0.1, 0.15) is 28.9 Å². The second kappa shape index (κ2) is 7.40. The van der Waals surface area contributed by atoms with E-state index in [1.54, 1.807) is 24.3 Å². The number of benzene rings is 3. The fourth-order valence-electron chi connectivity index (χ4n) is 2.93. The molecule has 6 heteroatoms. The fourth-order valence-corrected chi connectivity index (χ4v) is 3.56. The molecule has 0 aliphatic carbocycles. The van der Waals surface area contributed by atoms with Crippen molar-refractivity contribution in [1.29, 1.82) is 0 Å². The number of amides is 1. The van der Waals surface area contributed by atoms with E-state index in [9.17, 15) is 13.2 Å². The van der Waals surface area contributed by atoms with Crippen molar-refractivity contribution in [1.82, 2.24) is 5.32 Å². The number of hydrogen-bond donors (Lipinski definition) is 1. The van der Waals surface area contributed by atoms with E-state index in [1.807, 2.05) is 43.3 Å². The second-order valence-corrected chi connectivity index (χ2v) is 8.45. The Morgan fingerprint density at radius 2 is 1.59 bits per heavy atom. The molecule has 0 saturated carbocycles. The Bertz CT molecular complexity index is 1090. The van der Waals surface area contributed by atoms with Gasteiger partial charge in [-0.2, -0.15) is 0 Å². The molecular formula is C21H21NO4S. The van der Waals surface area contributed by atoms with Crippen LogP contribution in [0, 0.1) is 0 Å². The number of ether oxygens (including phenoxy) is 1. The quantitative estimate of drug-likeness (QED) is 0.728. The summed E-state index contributed by atoms with van der Waals surface area (Å²) in [5, 5.41) is 4.89. The number of fused-ring (bicyclic) bond motifs is 1. The molecule has 0 fully saturated rings. The summed E-state index contributed by atoms with van der Waals surface area (Å²) in [7, 11) is -1.71. The standard InChI is InChI=1S/C21H21NO4S/c1-14(15-8-10-18(11-9-15)27(3,24)25)22-21(23)19-12-16-6-4-5-7-17(16)13-20(19)26-2/h4-14H,1-3H3,(H,22,23). The zero-order chi connectivity index (χ0) is 19.6. The Balaban J connectivity index is 1.85. The van der Waals surface area contributed by atoms with Crippen LogP contribution in [0.3, 0.4) is 0 Å². The number of rotatable bonds is 5. The van der Waals surface area contributed by atoms with Crippen LogP contribution in [-0.4, -0.2) is 27.7 Å². The summed E-state index contributed by atoms with van der Waals surface area (Å²) >= 11 is 0. The van der Waals surface area contributed by atoms with Gasteiger partial charge in [-0.3, -0.25) is 4.79 Å². The van der Waals surface area contributed by atoms with Crippen molar-refractivity contribution >= 4 is 26.5 Å². The highest BCUT2D eigenvalue weighted by atomic mass is 32.2. The summed E-state index contributed by atoms with van der Waals surface area (Å²) < 4.78 is 28.5. The van der Waals surface area contributed by atoms with Gasteiger partial charge in [-0.05, 0) is 47.5 Å². The number of methoxy groups -OCH3 is 1. The van der Waals surface area contributed by atoms with E-state index >= 15 is 0 Å². The first-order valence-electron chi connectivity index (χ1n) is 8.47. The van der Waals surface area contributed by atoms with Crippen molar-refractivity contribution in [2.45, 2.75) is 17.9 Å². The third-order valence-corrected chi connectivity index (χ3v) is 5.60. The second-order valence-electron chi connectivity index (χ2n) is 6.44. The average Bonchev–Trinajstić information content (AvgIpc) is 2.66. The van der Waals surface area contributed by atoms with Gasteiger partial charge >= 0.3 is 0 Å². The van der Waals surface area contributed by atoms with Crippen LogP contribution in [0.2, 0.25) is 0 Å². The van der Waals surface area contributed by atoms with E-state index in [0.29, 0.717) is 11.3 Å². The molecule has 0 spiro atoms. The molecule has 0 aromatic heterocycles. The Labute approximate surface area is 158 Å². The van der Waals surface area contributed by atoms with Gasteiger partial charge in [0.15, 0.2) is 9.84 Å². The molecule has 3 rings (SSSR count). The third kappa shape index (κ3) is 4.11. The monoisotopic (exact) mass is 383 g/mol.